The zero-order valence-electron chi connectivity index (χ0n) is 8.76. The van der Waals surface area contributed by atoms with Gasteiger partial charge in [-0.15, -0.1) is 0 Å². The maximum Gasteiger partial charge on any atom is 0.400 e. The Morgan fingerprint density at radius 1 is 1.24 bits per heavy atom. The third-order valence-corrected chi connectivity index (χ3v) is 3.52. The molecule has 2 N–H and O–H groups in total. The van der Waals surface area contributed by atoms with E-state index in [0.717, 1.165) is 4.47 Å². The molecule has 0 spiro atoms. The van der Waals surface area contributed by atoms with Gasteiger partial charge in [0.2, 0.25) is 0 Å². The minimum atomic E-state index is -4.29. The fraction of sp³-hybridized carbons (Fsp3) is 0.364. The minimum absolute atomic E-state index is 0.0581. The fourth-order valence-corrected chi connectivity index (χ4v) is 2.13. The first kappa shape index (κ1) is 12.4. The molecule has 0 radical (unpaired) electrons. The number of benzene rings is 1. The summed E-state index contributed by atoms with van der Waals surface area (Å²) >= 11 is 3.23. The average Bonchev–Trinajstić information content (AvgIpc) is 3.02. The molecule has 0 aromatic heterocycles. The zero-order valence-corrected chi connectivity index (χ0v) is 10.3. The van der Waals surface area contributed by atoms with E-state index in [1.165, 1.54) is 0 Å². The van der Waals surface area contributed by atoms with Crippen LogP contribution in [-0.2, 0) is 0 Å². The summed E-state index contributed by atoms with van der Waals surface area (Å²) in [6, 6.07) is 6.52. The topological polar surface area (TPSA) is 38.4 Å². The van der Waals surface area contributed by atoms with Crippen molar-refractivity contribution < 1.29 is 13.2 Å². The first-order chi connectivity index (χ1) is 7.90. The van der Waals surface area contributed by atoms with E-state index in [1.54, 1.807) is 24.3 Å². The molecule has 2 rings (SSSR count). The van der Waals surface area contributed by atoms with E-state index in [1.807, 2.05) is 0 Å². The second-order valence-electron chi connectivity index (χ2n) is 4.06. The van der Waals surface area contributed by atoms with E-state index in [9.17, 15) is 13.2 Å². The molecule has 2 nitrogen and oxygen atoms in total. The van der Waals surface area contributed by atoms with Gasteiger partial charge >= 0.3 is 6.18 Å². The van der Waals surface area contributed by atoms with Gasteiger partial charge < -0.3 is 5.84 Å². The molecule has 0 atom stereocenters. The van der Waals surface area contributed by atoms with Gasteiger partial charge in [-0.25, -0.2) is 0 Å². The average molecular weight is 307 g/mol. The summed E-state index contributed by atoms with van der Waals surface area (Å²) in [5, 5.41) is 3.37. The Balaban J connectivity index is 2.40. The van der Waals surface area contributed by atoms with Gasteiger partial charge in [0.1, 0.15) is 5.41 Å². The van der Waals surface area contributed by atoms with Crippen LogP contribution in [0, 0.1) is 5.41 Å². The van der Waals surface area contributed by atoms with Crippen molar-refractivity contribution in [3.63, 3.8) is 0 Å². The predicted molar refractivity (Wildman–Crippen MR) is 62.6 cm³/mol. The van der Waals surface area contributed by atoms with Gasteiger partial charge in [-0.3, -0.25) is 0 Å². The highest BCUT2D eigenvalue weighted by atomic mass is 79.9. The summed E-state index contributed by atoms with van der Waals surface area (Å²) in [5.41, 5.74) is -1.49. The lowest BCUT2D eigenvalue weighted by Gasteiger charge is -2.20. The van der Waals surface area contributed by atoms with Crippen molar-refractivity contribution in [1.29, 1.82) is 0 Å². The van der Waals surface area contributed by atoms with Crippen LogP contribution in [0.1, 0.15) is 18.4 Å². The normalized spacial score (nSPS) is 19.2. The molecule has 92 valence electrons. The Bertz CT molecular complexity index is 447. The monoisotopic (exact) mass is 306 g/mol. The van der Waals surface area contributed by atoms with Crippen molar-refractivity contribution in [2.24, 2.45) is 16.4 Å². The molecule has 0 amide bonds. The molecule has 1 fully saturated rings. The van der Waals surface area contributed by atoms with Gasteiger partial charge in [0, 0.05) is 4.47 Å². The van der Waals surface area contributed by atoms with Gasteiger partial charge in [-0.1, -0.05) is 28.1 Å². The number of hydrogen-bond acceptors (Lipinski definition) is 2. The smallest absolute Gasteiger partial charge is 0.323 e. The zero-order chi connectivity index (χ0) is 12.7. The van der Waals surface area contributed by atoms with Crippen LogP contribution in [-0.4, -0.2) is 11.9 Å². The minimum Gasteiger partial charge on any atom is -0.323 e. The fourth-order valence-electron chi connectivity index (χ4n) is 1.86. The Kier molecular flexibility index (Phi) is 2.93. The lowest BCUT2D eigenvalue weighted by atomic mass is 9.93. The van der Waals surface area contributed by atoms with Crippen LogP contribution in [0.4, 0.5) is 13.2 Å². The van der Waals surface area contributed by atoms with Crippen LogP contribution < -0.4 is 5.84 Å². The summed E-state index contributed by atoms with van der Waals surface area (Å²) in [4.78, 5) is 0. The van der Waals surface area contributed by atoms with Crippen molar-refractivity contribution in [1.82, 2.24) is 0 Å². The number of alkyl halides is 3. The van der Waals surface area contributed by atoms with Crippen LogP contribution in [0.2, 0.25) is 0 Å². The van der Waals surface area contributed by atoms with Crippen molar-refractivity contribution in [2.45, 2.75) is 19.0 Å². The highest BCUT2D eigenvalue weighted by Gasteiger charge is 2.66. The maximum absolute atomic E-state index is 13.0. The highest BCUT2D eigenvalue weighted by Crippen LogP contribution is 2.59. The summed E-state index contributed by atoms with van der Waals surface area (Å²) < 4.78 is 39.7. The van der Waals surface area contributed by atoms with E-state index in [-0.39, 0.29) is 18.6 Å². The molecule has 1 saturated carbocycles. The van der Waals surface area contributed by atoms with Crippen LogP contribution in [0.3, 0.4) is 0 Å². The lowest BCUT2D eigenvalue weighted by Crippen LogP contribution is -2.34. The first-order valence-corrected chi connectivity index (χ1v) is 5.81. The molecule has 6 heteroatoms. The van der Waals surface area contributed by atoms with Crippen LogP contribution in [0.25, 0.3) is 0 Å². The standard InChI is InChI=1S/C11H10BrF3N2/c12-8-3-1-7(2-4-8)9(17-16)10(5-6-10)11(13,14)15/h1-4H,5-6,16H2. The third kappa shape index (κ3) is 2.06. The molecule has 17 heavy (non-hydrogen) atoms. The van der Waals surface area contributed by atoms with Crippen molar-refractivity contribution in [3.8, 4) is 0 Å². The number of nitrogens with zero attached hydrogens (tertiary/aromatic N) is 1. The van der Waals surface area contributed by atoms with Gasteiger partial charge in [0.25, 0.3) is 0 Å². The van der Waals surface area contributed by atoms with Crippen LogP contribution in [0.5, 0.6) is 0 Å². The maximum atomic E-state index is 13.0. The van der Waals surface area contributed by atoms with Crippen molar-refractivity contribution in [2.75, 3.05) is 0 Å². The number of hydrazone groups is 1. The molecule has 1 aromatic rings. The molecular formula is C11H10BrF3N2. The van der Waals surface area contributed by atoms with Gasteiger partial charge in [0.05, 0.1) is 5.71 Å². The Hall–Kier alpha value is -1.04. The van der Waals surface area contributed by atoms with E-state index < -0.39 is 11.6 Å². The molecule has 1 aliphatic rings. The number of nitrogens with two attached hydrogens (primary N) is 1. The van der Waals surface area contributed by atoms with Gasteiger partial charge in [-0.2, -0.15) is 18.3 Å². The molecular weight excluding hydrogens is 297 g/mol. The van der Waals surface area contributed by atoms with Gasteiger partial charge in [0.15, 0.2) is 0 Å². The second kappa shape index (κ2) is 4.01. The summed E-state index contributed by atoms with van der Waals surface area (Å²) in [6.07, 6.45) is -4.18. The lowest BCUT2D eigenvalue weighted by molar-refractivity contribution is -0.165. The first-order valence-electron chi connectivity index (χ1n) is 5.02. The van der Waals surface area contributed by atoms with Crippen LogP contribution in [0.15, 0.2) is 33.8 Å². The Morgan fingerprint density at radius 3 is 2.12 bits per heavy atom. The van der Waals surface area contributed by atoms with E-state index in [4.69, 9.17) is 5.84 Å². The number of rotatable bonds is 2. The largest absolute Gasteiger partial charge is 0.400 e. The molecule has 0 bridgehead atoms. The summed E-state index contributed by atoms with van der Waals surface area (Å²) in [5.74, 6) is 5.14. The van der Waals surface area contributed by atoms with E-state index in [0.29, 0.717) is 5.56 Å². The summed E-state index contributed by atoms with van der Waals surface area (Å²) in [7, 11) is 0. The predicted octanol–water partition coefficient (Wildman–Crippen LogP) is 3.45. The summed E-state index contributed by atoms with van der Waals surface area (Å²) in [6.45, 7) is 0. The second-order valence-corrected chi connectivity index (χ2v) is 4.98. The van der Waals surface area contributed by atoms with Crippen molar-refractivity contribution >= 4 is 21.6 Å². The molecule has 0 heterocycles. The molecule has 0 saturated heterocycles. The van der Waals surface area contributed by atoms with Crippen LogP contribution >= 0.6 is 15.9 Å². The molecule has 0 aliphatic heterocycles. The molecule has 0 unspecified atom stereocenters. The SMILES string of the molecule is NN=C(c1ccc(Br)cc1)C1(C(F)(F)F)CC1. The van der Waals surface area contributed by atoms with Gasteiger partial charge in [-0.05, 0) is 30.5 Å². The Morgan fingerprint density at radius 2 is 1.76 bits per heavy atom. The molecule has 1 aliphatic carbocycles. The number of halogens is 4. The van der Waals surface area contributed by atoms with E-state index >= 15 is 0 Å². The highest BCUT2D eigenvalue weighted by molar-refractivity contribution is 9.10. The number of hydrogen-bond donors (Lipinski definition) is 1. The van der Waals surface area contributed by atoms with E-state index in [2.05, 4.69) is 21.0 Å². The Labute approximate surface area is 105 Å². The third-order valence-electron chi connectivity index (χ3n) is 2.99. The molecule has 1 aromatic carbocycles. The van der Waals surface area contributed by atoms with Crippen molar-refractivity contribution in [3.05, 3.63) is 34.3 Å². The quantitative estimate of drug-likeness (QED) is 0.507.